The molecule has 1 N–H and O–H groups in total. The largest absolute Gasteiger partial charge is 0.368 e. The van der Waals surface area contributed by atoms with Gasteiger partial charge in [0.25, 0.3) is 0 Å². The minimum absolute atomic E-state index is 0.00299. The summed E-state index contributed by atoms with van der Waals surface area (Å²) in [5, 5.41) is 11.8. The summed E-state index contributed by atoms with van der Waals surface area (Å²) in [6, 6.07) is 8.82. The van der Waals surface area contributed by atoms with Crippen LogP contribution < -0.4 is 5.32 Å². The first-order valence-electron chi connectivity index (χ1n) is 10.4. The van der Waals surface area contributed by atoms with Gasteiger partial charge in [0.1, 0.15) is 17.8 Å². The number of carbonyl (C=O) groups excluding carboxylic acids is 1. The Morgan fingerprint density at radius 1 is 1.24 bits per heavy atom. The molecule has 0 radical (unpaired) electrons. The molecule has 1 atom stereocenters. The summed E-state index contributed by atoms with van der Waals surface area (Å²) in [4.78, 5) is 15.9. The van der Waals surface area contributed by atoms with E-state index in [4.69, 9.17) is 4.74 Å². The molecule has 0 unspecified atom stereocenters. The molecule has 156 valence electrons. The monoisotopic (exact) mass is 415 g/mol. The Labute approximate surface area is 176 Å². The van der Waals surface area contributed by atoms with Crippen molar-refractivity contribution < 1.29 is 9.53 Å². The summed E-state index contributed by atoms with van der Waals surface area (Å²) in [6.07, 6.45) is 5.21. The van der Waals surface area contributed by atoms with Crippen LogP contribution in [0.1, 0.15) is 30.1 Å². The van der Waals surface area contributed by atoms with Crippen LogP contribution in [0, 0.1) is 0 Å². The van der Waals surface area contributed by atoms with E-state index >= 15 is 0 Å². The van der Waals surface area contributed by atoms with Gasteiger partial charge in [-0.3, -0.25) is 9.69 Å². The van der Waals surface area contributed by atoms with Gasteiger partial charge in [-0.1, -0.05) is 12.1 Å². The molecule has 1 amide bonds. The first-order valence-corrected chi connectivity index (χ1v) is 11.6. The highest BCUT2D eigenvalue weighted by Crippen LogP contribution is 2.17. The second kappa shape index (κ2) is 9.73. The topological polar surface area (TPSA) is 72.3 Å². The van der Waals surface area contributed by atoms with Crippen LogP contribution >= 0.6 is 11.8 Å². The molecule has 29 heavy (non-hydrogen) atoms. The average Bonchev–Trinajstić information content (AvgIpc) is 3.37. The molecule has 0 bridgehead atoms. The summed E-state index contributed by atoms with van der Waals surface area (Å²) in [5.41, 5.74) is 1.34. The minimum atomic E-state index is -0.274. The van der Waals surface area contributed by atoms with Gasteiger partial charge in [0.05, 0.1) is 0 Å². The van der Waals surface area contributed by atoms with Crippen LogP contribution in [0.25, 0.3) is 0 Å². The Morgan fingerprint density at radius 2 is 2.10 bits per heavy atom. The lowest BCUT2D eigenvalue weighted by Crippen LogP contribution is -2.35. The third-order valence-corrected chi connectivity index (χ3v) is 6.37. The molecule has 2 aliphatic rings. The number of carbonyl (C=O) groups is 1. The van der Waals surface area contributed by atoms with Gasteiger partial charge in [-0.2, -0.15) is 0 Å². The van der Waals surface area contributed by atoms with Gasteiger partial charge in [0, 0.05) is 57.1 Å². The van der Waals surface area contributed by atoms with Crippen molar-refractivity contribution in [1.82, 2.24) is 25.0 Å². The minimum Gasteiger partial charge on any atom is -0.368 e. The maximum absolute atomic E-state index is 12.1. The number of aromatic nitrogens is 3. The predicted octanol–water partition coefficient (Wildman–Crippen LogP) is 1.90. The fourth-order valence-electron chi connectivity index (χ4n) is 3.95. The Balaban J connectivity index is 1.28. The first-order chi connectivity index (χ1) is 14.2. The number of benzene rings is 1. The second-order valence-electron chi connectivity index (χ2n) is 7.60. The number of ether oxygens (including phenoxy) is 1. The van der Waals surface area contributed by atoms with Crippen molar-refractivity contribution in [2.24, 2.45) is 0 Å². The van der Waals surface area contributed by atoms with E-state index in [1.807, 2.05) is 0 Å². The average molecular weight is 416 g/mol. The SMILES string of the molecule is CSc1ccc(CN2CCc3nnc(CCNC(=O)[C@@H]4CCCO4)n3CC2)cc1. The van der Waals surface area contributed by atoms with Crippen molar-refractivity contribution in [3.05, 3.63) is 41.5 Å². The van der Waals surface area contributed by atoms with Gasteiger partial charge in [0.2, 0.25) is 5.91 Å². The Kier molecular flexibility index (Phi) is 6.84. The maximum Gasteiger partial charge on any atom is 0.249 e. The molecule has 2 aliphatic heterocycles. The van der Waals surface area contributed by atoms with Gasteiger partial charge in [-0.15, -0.1) is 22.0 Å². The van der Waals surface area contributed by atoms with Crippen molar-refractivity contribution in [2.75, 3.05) is 32.5 Å². The van der Waals surface area contributed by atoms with E-state index in [1.165, 1.54) is 10.5 Å². The summed E-state index contributed by atoms with van der Waals surface area (Å²) in [7, 11) is 0. The van der Waals surface area contributed by atoms with Crippen LogP contribution in [0.2, 0.25) is 0 Å². The molecule has 4 rings (SSSR count). The molecule has 0 aliphatic carbocycles. The number of rotatable bonds is 7. The van der Waals surface area contributed by atoms with Gasteiger partial charge in [-0.25, -0.2) is 0 Å². The molecule has 0 saturated carbocycles. The third kappa shape index (κ3) is 5.18. The van der Waals surface area contributed by atoms with Crippen LogP contribution in [0.5, 0.6) is 0 Å². The fourth-order valence-corrected chi connectivity index (χ4v) is 4.36. The van der Waals surface area contributed by atoms with E-state index in [1.54, 1.807) is 11.8 Å². The fraction of sp³-hybridized carbons (Fsp3) is 0.571. The van der Waals surface area contributed by atoms with Crippen molar-refractivity contribution in [1.29, 1.82) is 0 Å². The quantitative estimate of drug-likeness (QED) is 0.697. The van der Waals surface area contributed by atoms with Crippen molar-refractivity contribution in [3.8, 4) is 0 Å². The van der Waals surface area contributed by atoms with E-state index in [-0.39, 0.29) is 12.0 Å². The summed E-state index contributed by atoms with van der Waals surface area (Å²) in [5.74, 6) is 2.00. The zero-order chi connectivity index (χ0) is 20.1. The van der Waals surface area contributed by atoms with Gasteiger partial charge in [-0.05, 0) is 36.8 Å². The number of fused-ring (bicyclic) bond motifs is 1. The highest BCUT2D eigenvalue weighted by Gasteiger charge is 2.23. The van der Waals surface area contributed by atoms with Crippen molar-refractivity contribution >= 4 is 17.7 Å². The van der Waals surface area contributed by atoms with Crippen molar-refractivity contribution in [3.63, 3.8) is 0 Å². The number of amides is 1. The van der Waals surface area contributed by atoms with E-state index < -0.39 is 0 Å². The lowest BCUT2D eigenvalue weighted by molar-refractivity contribution is -0.130. The summed E-state index contributed by atoms with van der Waals surface area (Å²) < 4.78 is 7.66. The number of hydrogen-bond acceptors (Lipinski definition) is 6. The predicted molar refractivity (Wildman–Crippen MR) is 113 cm³/mol. The normalized spacial score (nSPS) is 19.7. The highest BCUT2D eigenvalue weighted by atomic mass is 32.2. The van der Waals surface area contributed by atoms with Crippen LogP contribution in [0.4, 0.5) is 0 Å². The third-order valence-electron chi connectivity index (χ3n) is 5.63. The number of thioether (sulfide) groups is 1. The molecule has 8 heteroatoms. The van der Waals surface area contributed by atoms with E-state index in [0.29, 0.717) is 19.6 Å². The summed E-state index contributed by atoms with van der Waals surface area (Å²) >= 11 is 1.77. The molecular formula is C21H29N5O2S. The molecule has 0 spiro atoms. The zero-order valence-corrected chi connectivity index (χ0v) is 17.8. The molecule has 1 aromatic heterocycles. The summed E-state index contributed by atoms with van der Waals surface area (Å²) in [6.45, 7) is 5.07. The molecule has 7 nitrogen and oxygen atoms in total. The Bertz CT molecular complexity index is 817. The lowest BCUT2D eigenvalue weighted by atomic mass is 10.2. The van der Waals surface area contributed by atoms with Crippen LogP contribution in [-0.2, 0) is 35.5 Å². The first kappa shape index (κ1) is 20.4. The van der Waals surface area contributed by atoms with E-state index in [2.05, 4.69) is 55.5 Å². The van der Waals surface area contributed by atoms with Crippen LogP contribution in [0.15, 0.2) is 29.2 Å². The van der Waals surface area contributed by atoms with Crippen molar-refractivity contribution in [2.45, 2.75) is 49.8 Å². The van der Waals surface area contributed by atoms with Gasteiger partial charge in [0.15, 0.2) is 0 Å². The highest BCUT2D eigenvalue weighted by molar-refractivity contribution is 7.98. The molecular weight excluding hydrogens is 386 g/mol. The van der Waals surface area contributed by atoms with Crippen LogP contribution in [-0.4, -0.2) is 64.2 Å². The lowest BCUT2D eigenvalue weighted by Gasteiger charge is -2.19. The number of nitrogens with one attached hydrogen (secondary N) is 1. The second-order valence-corrected chi connectivity index (χ2v) is 8.48. The molecule has 2 aromatic rings. The van der Waals surface area contributed by atoms with Crippen LogP contribution in [0.3, 0.4) is 0 Å². The smallest absolute Gasteiger partial charge is 0.249 e. The van der Waals surface area contributed by atoms with E-state index in [0.717, 1.165) is 57.1 Å². The molecule has 3 heterocycles. The Hall–Kier alpha value is -1.90. The van der Waals surface area contributed by atoms with Gasteiger partial charge >= 0.3 is 0 Å². The number of hydrogen-bond donors (Lipinski definition) is 1. The molecule has 1 saturated heterocycles. The molecule has 1 aromatic carbocycles. The number of nitrogens with zero attached hydrogens (tertiary/aromatic N) is 4. The van der Waals surface area contributed by atoms with Gasteiger partial charge < -0.3 is 14.6 Å². The maximum atomic E-state index is 12.1. The van der Waals surface area contributed by atoms with E-state index in [9.17, 15) is 4.79 Å². The molecule has 1 fully saturated rings. The standard InChI is InChI=1S/C21H29N5O2S/c1-29-17-6-4-16(5-7-17)15-25-11-9-20-24-23-19(26(20)13-12-25)8-10-22-21(27)18-3-2-14-28-18/h4-7,18H,2-3,8-15H2,1H3,(H,22,27)/t18-/m0/s1. The Morgan fingerprint density at radius 3 is 2.86 bits per heavy atom. The zero-order valence-electron chi connectivity index (χ0n) is 17.0.